The zero-order valence-electron chi connectivity index (χ0n) is 9.84. The molecule has 0 saturated heterocycles. The predicted octanol–water partition coefficient (Wildman–Crippen LogP) is 3.11. The highest BCUT2D eigenvalue weighted by Gasteiger charge is 2.08. The molecule has 0 radical (unpaired) electrons. The average molecular weight is 316 g/mol. The SMILES string of the molecule is Nc1ncnc(Nc2cccc3ncccc23)c1Br. The van der Waals surface area contributed by atoms with Crippen LogP contribution in [-0.4, -0.2) is 15.0 Å². The van der Waals surface area contributed by atoms with Gasteiger partial charge in [0, 0.05) is 17.3 Å². The van der Waals surface area contributed by atoms with Crippen LogP contribution in [0.4, 0.5) is 17.3 Å². The van der Waals surface area contributed by atoms with E-state index >= 15 is 0 Å². The molecule has 5 nitrogen and oxygen atoms in total. The first-order valence-corrected chi connectivity index (χ1v) is 6.42. The predicted molar refractivity (Wildman–Crippen MR) is 79.2 cm³/mol. The van der Waals surface area contributed by atoms with Crippen molar-refractivity contribution in [3.05, 3.63) is 47.3 Å². The normalized spacial score (nSPS) is 10.6. The van der Waals surface area contributed by atoms with Gasteiger partial charge in [0.05, 0.1) is 5.52 Å². The summed E-state index contributed by atoms with van der Waals surface area (Å²) in [5.74, 6) is 1.03. The van der Waals surface area contributed by atoms with E-state index in [0.29, 0.717) is 16.1 Å². The van der Waals surface area contributed by atoms with E-state index in [1.807, 2.05) is 30.3 Å². The van der Waals surface area contributed by atoms with E-state index in [0.717, 1.165) is 16.6 Å². The van der Waals surface area contributed by atoms with Crippen LogP contribution < -0.4 is 11.1 Å². The van der Waals surface area contributed by atoms with Gasteiger partial charge < -0.3 is 11.1 Å². The Bertz CT molecular complexity index is 739. The fourth-order valence-electron chi connectivity index (χ4n) is 1.81. The first-order chi connectivity index (χ1) is 9.25. The number of halogens is 1. The van der Waals surface area contributed by atoms with Crippen molar-refractivity contribution in [2.75, 3.05) is 11.1 Å². The molecule has 3 rings (SSSR count). The second-order valence-electron chi connectivity index (χ2n) is 3.92. The Morgan fingerprint density at radius 2 is 1.95 bits per heavy atom. The highest BCUT2D eigenvalue weighted by atomic mass is 79.9. The fourth-order valence-corrected chi connectivity index (χ4v) is 2.11. The largest absolute Gasteiger partial charge is 0.383 e. The third-order valence-corrected chi connectivity index (χ3v) is 3.50. The average Bonchev–Trinajstić information content (AvgIpc) is 2.44. The number of hydrogen-bond donors (Lipinski definition) is 2. The molecule has 0 aliphatic heterocycles. The number of nitrogens with zero attached hydrogens (tertiary/aromatic N) is 3. The van der Waals surface area contributed by atoms with Crippen LogP contribution in [0.3, 0.4) is 0 Å². The zero-order valence-corrected chi connectivity index (χ0v) is 11.4. The van der Waals surface area contributed by atoms with Crippen LogP contribution in [0.15, 0.2) is 47.3 Å². The van der Waals surface area contributed by atoms with Gasteiger partial charge in [0.1, 0.15) is 22.4 Å². The van der Waals surface area contributed by atoms with E-state index < -0.39 is 0 Å². The third kappa shape index (κ3) is 2.22. The molecule has 0 spiro atoms. The number of nitrogens with two attached hydrogens (primary N) is 1. The Morgan fingerprint density at radius 3 is 2.84 bits per heavy atom. The van der Waals surface area contributed by atoms with Crippen molar-refractivity contribution in [1.29, 1.82) is 0 Å². The number of hydrogen-bond acceptors (Lipinski definition) is 5. The van der Waals surface area contributed by atoms with Gasteiger partial charge in [-0.05, 0) is 40.2 Å². The summed E-state index contributed by atoms with van der Waals surface area (Å²) in [6.07, 6.45) is 3.19. The molecule has 0 amide bonds. The van der Waals surface area contributed by atoms with Gasteiger partial charge in [-0.2, -0.15) is 0 Å². The minimum Gasteiger partial charge on any atom is -0.383 e. The first kappa shape index (κ1) is 11.9. The Balaban J connectivity index is 2.09. The molecule has 0 fully saturated rings. The van der Waals surface area contributed by atoms with Gasteiger partial charge >= 0.3 is 0 Å². The van der Waals surface area contributed by atoms with E-state index in [4.69, 9.17) is 5.73 Å². The van der Waals surface area contributed by atoms with E-state index in [9.17, 15) is 0 Å². The number of fused-ring (bicyclic) bond motifs is 1. The Kier molecular flexibility index (Phi) is 3.00. The summed E-state index contributed by atoms with van der Waals surface area (Å²) < 4.78 is 0.649. The monoisotopic (exact) mass is 315 g/mol. The lowest BCUT2D eigenvalue weighted by molar-refractivity contribution is 1.16. The minimum absolute atomic E-state index is 0.399. The number of pyridine rings is 1. The van der Waals surface area contributed by atoms with Crippen LogP contribution in [-0.2, 0) is 0 Å². The van der Waals surface area contributed by atoms with Crippen molar-refractivity contribution >= 4 is 44.2 Å². The maximum Gasteiger partial charge on any atom is 0.150 e. The Labute approximate surface area is 118 Å². The van der Waals surface area contributed by atoms with Crippen LogP contribution in [0.1, 0.15) is 0 Å². The van der Waals surface area contributed by atoms with E-state index in [-0.39, 0.29) is 0 Å². The molecule has 0 unspecified atom stereocenters. The number of aromatic nitrogens is 3. The van der Waals surface area contributed by atoms with Crippen LogP contribution in [0.25, 0.3) is 10.9 Å². The lowest BCUT2D eigenvalue weighted by Gasteiger charge is -2.10. The summed E-state index contributed by atoms with van der Waals surface area (Å²) in [7, 11) is 0. The van der Waals surface area contributed by atoms with E-state index in [2.05, 4.69) is 36.2 Å². The quantitative estimate of drug-likeness (QED) is 0.759. The summed E-state index contributed by atoms with van der Waals surface area (Å²) in [5.41, 5.74) is 7.58. The summed E-state index contributed by atoms with van der Waals surface area (Å²) in [6.45, 7) is 0. The van der Waals surface area contributed by atoms with Gasteiger partial charge in [-0.3, -0.25) is 4.98 Å². The molecule has 0 bridgehead atoms. The van der Waals surface area contributed by atoms with Gasteiger partial charge in [-0.25, -0.2) is 9.97 Å². The molecule has 6 heteroatoms. The number of anilines is 3. The minimum atomic E-state index is 0.399. The highest BCUT2D eigenvalue weighted by molar-refractivity contribution is 9.10. The Morgan fingerprint density at radius 1 is 1.05 bits per heavy atom. The molecule has 3 aromatic rings. The third-order valence-electron chi connectivity index (χ3n) is 2.72. The zero-order chi connectivity index (χ0) is 13.2. The van der Waals surface area contributed by atoms with Crippen molar-refractivity contribution in [2.24, 2.45) is 0 Å². The van der Waals surface area contributed by atoms with Gasteiger partial charge in [0.2, 0.25) is 0 Å². The van der Waals surface area contributed by atoms with E-state index in [1.165, 1.54) is 6.33 Å². The molecule has 2 aromatic heterocycles. The molecule has 0 aliphatic carbocycles. The molecule has 0 atom stereocenters. The molecule has 1 aromatic carbocycles. The lowest BCUT2D eigenvalue weighted by Crippen LogP contribution is -2.00. The smallest absolute Gasteiger partial charge is 0.150 e. The number of nitrogen functional groups attached to an aromatic ring is 1. The molecular weight excluding hydrogens is 306 g/mol. The summed E-state index contributed by atoms with van der Waals surface area (Å²) in [5, 5.41) is 4.26. The topological polar surface area (TPSA) is 76.7 Å². The maximum absolute atomic E-state index is 5.74. The molecule has 2 heterocycles. The number of nitrogens with one attached hydrogen (secondary N) is 1. The van der Waals surface area contributed by atoms with Crippen molar-refractivity contribution in [1.82, 2.24) is 15.0 Å². The van der Waals surface area contributed by atoms with Gasteiger partial charge in [0.25, 0.3) is 0 Å². The molecule has 0 aliphatic rings. The van der Waals surface area contributed by atoms with Crippen LogP contribution >= 0.6 is 15.9 Å². The van der Waals surface area contributed by atoms with Crippen molar-refractivity contribution in [3.8, 4) is 0 Å². The second kappa shape index (κ2) is 4.81. The second-order valence-corrected chi connectivity index (χ2v) is 4.72. The Hall–Kier alpha value is -2.21. The van der Waals surface area contributed by atoms with Crippen LogP contribution in [0.5, 0.6) is 0 Å². The molecule has 94 valence electrons. The fraction of sp³-hybridized carbons (Fsp3) is 0. The summed E-state index contributed by atoms with van der Waals surface area (Å²) in [6, 6.07) is 9.77. The highest BCUT2D eigenvalue weighted by Crippen LogP contribution is 2.29. The number of benzene rings is 1. The standard InChI is InChI=1S/C13H10BrN5/c14-11-12(15)17-7-18-13(11)19-10-5-1-4-9-8(10)3-2-6-16-9/h1-7H,(H3,15,17,18,19). The van der Waals surface area contributed by atoms with Crippen molar-refractivity contribution in [3.63, 3.8) is 0 Å². The van der Waals surface area contributed by atoms with Crippen molar-refractivity contribution < 1.29 is 0 Å². The van der Waals surface area contributed by atoms with Gasteiger partial charge in [0.15, 0.2) is 0 Å². The van der Waals surface area contributed by atoms with Crippen molar-refractivity contribution in [2.45, 2.75) is 0 Å². The van der Waals surface area contributed by atoms with Crippen LogP contribution in [0.2, 0.25) is 0 Å². The summed E-state index contributed by atoms with van der Waals surface area (Å²) in [4.78, 5) is 12.4. The number of rotatable bonds is 2. The van der Waals surface area contributed by atoms with Gasteiger partial charge in [-0.15, -0.1) is 0 Å². The first-order valence-electron chi connectivity index (χ1n) is 5.62. The summed E-state index contributed by atoms with van der Waals surface area (Å²) >= 11 is 3.37. The van der Waals surface area contributed by atoms with Gasteiger partial charge in [-0.1, -0.05) is 6.07 Å². The molecule has 3 N–H and O–H groups in total. The molecule has 0 saturated carbocycles. The molecule has 19 heavy (non-hydrogen) atoms. The van der Waals surface area contributed by atoms with Crippen LogP contribution in [0, 0.1) is 0 Å². The van der Waals surface area contributed by atoms with E-state index in [1.54, 1.807) is 6.20 Å². The maximum atomic E-state index is 5.74. The molecular formula is C13H10BrN5. The lowest BCUT2D eigenvalue weighted by atomic mass is 10.2.